The minimum Gasteiger partial charge on any atom is -0.353 e. The van der Waals surface area contributed by atoms with Crippen LogP contribution in [0.5, 0.6) is 0 Å². The molecule has 1 aromatic heterocycles. The molecule has 0 bridgehead atoms. The predicted molar refractivity (Wildman–Crippen MR) is 128 cm³/mol. The van der Waals surface area contributed by atoms with Gasteiger partial charge in [0.05, 0.1) is 22.6 Å². The van der Waals surface area contributed by atoms with E-state index in [0.29, 0.717) is 22.6 Å². The molecule has 2 aromatic carbocycles. The molecule has 5 nitrogen and oxygen atoms in total. The fourth-order valence-corrected chi connectivity index (χ4v) is 4.71. The van der Waals surface area contributed by atoms with E-state index < -0.39 is 5.92 Å². The van der Waals surface area contributed by atoms with Crippen LogP contribution in [-0.2, 0) is 10.5 Å². The fourth-order valence-electron chi connectivity index (χ4n) is 3.66. The highest BCUT2D eigenvalue weighted by Crippen LogP contribution is 2.41. The molecule has 0 saturated heterocycles. The number of allylic oxidation sites excluding steroid dienone is 2. The number of carbonyl (C=O) groups is 1. The highest BCUT2D eigenvalue weighted by atomic mass is 32.2. The van der Waals surface area contributed by atoms with E-state index in [9.17, 15) is 10.1 Å². The number of amides is 1. The van der Waals surface area contributed by atoms with E-state index >= 15 is 0 Å². The number of rotatable bonds is 6. The first-order valence-corrected chi connectivity index (χ1v) is 11.2. The van der Waals surface area contributed by atoms with Crippen LogP contribution < -0.4 is 10.6 Å². The van der Waals surface area contributed by atoms with Gasteiger partial charge in [0.15, 0.2) is 0 Å². The molecule has 4 rings (SSSR count). The number of thioether (sulfide) groups is 1. The molecule has 2 N–H and O–H groups in total. The molecule has 0 fully saturated rings. The monoisotopic (exact) mass is 438 g/mol. The van der Waals surface area contributed by atoms with E-state index in [1.807, 2.05) is 79.7 Å². The summed E-state index contributed by atoms with van der Waals surface area (Å²) in [6, 6.07) is 25.3. The van der Waals surface area contributed by atoms with Crippen LogP contribution in [0.4, 0.5) is 5.69 Å². The van der Waals surface area contributed by atoms with Crippen molar-refractivity contribution in [3.63, 3.8) is 0 Å². The summed E-state index contributed by atoms with van der Waals surface area (Å²) in [4.78, 5) is 17.4. The van der Waals surface area contributed by atoms with Gasteiger partial charge in [0.2, 0.25) is 0 Å². The van der Waals surface area contributed by atoms with E-state index in [0.717, 1.165) is 21.9 Å². The lowest BCUT2D eigenvalue weighted by molar-refractivity contribution is -0.113. The molecule has 1 unspecified atom stereocenters. The second-order valence-corrected chi connectivity index (χ2v) is 8.31. The van der Waals surface area contributed by atoms with Gasteiger partial charge >= 0.3 is 0 Å². The highest BCUT2D eigenvalue weighted by Gasteiger charge is 2.34. The van der Waals surface area contributed by atoms with Gasteiger partial charge in [-0.2, -0.15) is 5.26 Å². The number of dihydropyridines is 1. The Morgan fingerprint density at radius 3 is 2.38 bits per heavy atom. The van der Waals surface area contributed by atoms with Gasteiger partial charge in [-0.3, -0.25) is 9.78 Å². The number of hydrogen-bond acceptors (Lipinski definition) is 5. The Balaban J connectivity index is 1.70. The number of carbonyl (C=O) groups excluding carboxylic acids is 1. The third-order valence-electron chi connectivity index (χ3n) is 5.19. The summed E-state index contributed by atoms with van der Waals surface area (Å²) < 4.78 is 0. The van der Waals surface area contributed by atoms with Gasteiger partial charge in [-0.05, 0) is 42.3 Å². The van der Waals surface area contributed by atoms with Crippen molar-refractivity contribution in [1.82, 2.24) is 10.3 Å². The van der Waals surface area contributed by atoms with E-state index in [2.05, 4.69) is 21.7 Å². The van der Waals surface area contributed by atoms with E-state index in [-0.39, 0.29) is 5.91 Å². The molecule has 0 saturated carbocycles. The van der Waals surface area contributed by atoms with Crippen molar-refractivity contribution in [2.45, 2.75) is 18.6 Å². The topological polar surface area (TPSA) is 77.8 Å². The minimum absolute atomic E-state index is 0.221. The van der Waals surface area contributed by atoms with Crippen molar-refractivity contribution in [1.29, 1.82) is 5.26 Å². The molecule has 3 aromatic rings. The number of pyridine rings is 1. The van der Waals surface area contributed by atoms with Crippen LogP contribution >= 0.6 is 11.8 Å². The summed E-state index contributed by atoms with van der Waals surface area (Å²) >= 11 is 1.56. The zero-order chi connectivity index (χ0) is 22.3. The van der Waals surface area contributed by atoms with Crippen molar-refractivity contribution < 1.29 is 4.79 Å². The first kappa shape index (κ1) is 21.4. The van der Waals surface area contributed by atoms with E-state index in [1.165, 1.54) is 0 Å². The Bertz CT molecular complexity index is 1200. The Hall–Kier alpha value is -3.82. The lowest BCUT2D eigenvalue weighted by Crippen LogP contribution is -2.30. The minimum atomic E-state index is -0.453. The third-order valence-corrected chi connectivity index (χ3v) is 6.28. The maximum atomic E-state index is 13.4. The Labute approximate surface area is 191 Å². The third kappa shape index (κ3) is 4.74. The maximum Gasteiger partial charge on any atom is 0.254 e. The van der Waals surface area contributed by atoms with E-state index in [1.54, 1.807) is 24.2 Å². The number of para-hydroxylation sites is 1. The van der Waals surface area contributed by atoms with Gasteiger partial charge in [0.25, 0.3) is 5.91 Å². The van der Waals surface area contributed by atoms with Gasteiger partial charge in [0, 0.05) is 35.1 Å². The molecule has 32 heavy (non-hydrogen) atoms. The largest absolute Gasteiger partial charge is 0.353 e. The van der Waals surface area contributed by atoms with Crippen LogP contribution in [0.25, 0.3) is 0 Å². The molecular formula is C26H22N4OS. The van der Waals surface area contributed by atoms with Crippen LogP contribution in [0.1, 0.15) is 24.0 Å². The van der Waals surface area contributed by atoms with Gasteiger partial charge in [-0.25, -0.2) is 0 Å². The number of benzene rings is 2. The Morgan fingerprint density at radius 1 is 1.06 bits per heavy atom. The Kier molecular flexibility index (Phi) is 6.69. The van der Waals surface area contributed by atoms with Crippen LogP contribution in [0.15, 0.2) is 107 Å². The molecule has 6 heteroatoms. The smallest absolute Gasteiger partial charge is 0.254 e. The second kappa shape index (κ2) is 9.99. The highest BCUT2D eigenvalue weighted by molar-refractivity contribution is 8.02. The van der Waals surface area contributed by atoms with Crippen LogP contribution in [0.3, 0.4) is 0 Å². The average Bonchev–Trinajstić information content (AvgIpc) is 2.84. The molecule has 0 spiro atoms. The van der Waals surface area contributed by atoms with Crippen LogP contribution in [0, 0.1) is 11.3 Å². The SMILES string of the molecule is CC1=C(C(=O)Nc2ccccc2)C(c2ccccc2)C(C#N)=C(SCc2ccncc2)N1. The van der Waals surface area contributed by atoms with Crippen molar-refractivity contribution in [3.8, 4) is 6.07 Å². The van der Waals surface area contributed by atoms with Crippen molar-refractivity contribution in [3.05, 3.63) is 118 Å². The first-order valence-electron chi connectivity index (χ1n) is 10.2. The summed E-state index contributed by atoms with van der Waals surface area (Å²) in [6.45, 7) is 1.89. The van der Waals surface area contributed by atoms with Crippen molar-refractivity contribution in [2.75, 3.05) is 5.32 Å². The average molecular weight is 439 g/mol. The Morgan fingerprint density at radius 2 is 1.72 bits per heavy atom. The van der Waals surface area contributed by atoms with Gasteiger partial charge in [-0.1, -0.05) is 48.5 Å². The molecular weight excluding hydrogens is 416 g/mol. The van der Waals surface area contributed by atoms with Gasteiger partial charge < -0.3 is 10.6 Å². The van der Waals surface area contributed by atoms with Crippen LogP contribution in [0.2, 0.25) is 0 Å². The maximum absolute atomic E-state index is 13.4. The fraction of sp³-hybridized carbons (Fsp3) is 0.115. The normalized spacial score (nSPS) is 15.7. The number of nitrogens with one attached hydrogen (secondary N) is 2. The number of hydrogen-bond donors (Lipinski definition) is 2. The van der Waals surface area contributed by atoms with Crippen molar-refractivity contribution >= 4 is 23.4 Å². The molecule has 1 amide bonds. The lowest BCUT2D eigenvalue weighted by atomic mass is 9.82. The molecule has 2 heterocycles. The number of nitriles is 1. The molecule has 0 aliphatic carbocycles. The molecule has 1 aliphatic rings. The van der Waals surface area contributed by atoms with Crippen LogP contribution in [-0.4, -0.2) is 10.9 Å². The molecule has 1 atom stereocenters. The summed E-state index contributed by atoms with van der Waals surface area (Å²) in [6.07, 6.45) is 3.52. The molecule has 1 aliphatic heterocycles. The summed E-state index contributed by atoms with van der Waals surface area (Å²) in [7, 11) is 0. The predicted octanol–water partition coefficient (Wildman–Crippen LogP) is 5.35. The molecule has 0 radical (unpaired) electrons. The zero-order valence-electron chi connectivity index (χ0n) is 17.6. The van der Waals surface area contributed by atoms with Gasteiger partial charge in [-0.15, -0.1) is 11.8 Å². The van der Waals surface area contributed by atoms with Crippen molar-refractivity contribution in [2.24, 2.45) is 0 Å². The standard InChI is InChI=1S/C26H22N4OS/c1-18-23(25(31)30-21-10-6-3-7-11-21)24(20-8-4-2-5-9-20)22(16-27)26(29-18)32-17-19-12-14-28-15-13-19/h2-15,24,29H,17H2,1H3,(H,30,31). The van der Waals surface area contributed by atoms with E-state index in [4.69, 9.17) is 0 Å². The lowest BCUT2D eigenvalue weighted by Gasteiger charge is -2.30. The quantitative estimate of drug-likeness (QED) is 0.542. The zero-order valence-corrected chi connectivity index (χ0v) is 18.4. The number of aromatic nitrogens is 1. The second-order valence-electron chi connectivity index (χ2n) is 7.33. The summed E-state index contributed by atoms with van der Waals surface area (Å²) in [5.41, 5.74) is 4.56. The number of nitrogens with zero attached hydrogens (tertiary/aromatic N) is 2. The van der Waals surface area contributed by atoms with Gasteiger partial charge in [0.1, 0.15) is 0 Å². The summed E-state index contributed by atoms with van der Waals surface area (Å²) in [5.74, 6) is 0.0168. The summed E-state index contributed by atoms with van der Waals surface area (Å²) in [5, 5.41) is 17.2. The molecule has 158 valence electrons. The number of anilines is 1. The first-order chi connectivity index (χ1) is 15.7.